The van der Waals surface area contributed by atoms with Crippen molar-refractivity contribution >= 4 is 33.4 Å². The van der Waals surface area contributed by atoms with Crippen LogP contribution in [0.25, 0.3) is 0 Å². The largest absolute Gasteiger partial charge is 0.477 e. The number of piperidine rings is 1. The van der Waals surface area contributed by atoms with Gasteiger partial charge in [-0.25, -0.2) is 18.2 Å². The van der Waals surface area contributed by atoms with Crippen molar-refractivity contribution in [2.45, 2.75) is 57.3 Å². The lowest BCUT2D eigenvalue weighted by atomic mass is 9.94. The third-order valence-electron chi connectivity index (χ3n) is 5.70. The second-order valence-corrected chi connectivity index (χ2v) is 12.2. The van der Waals surface area contributed by atoms with Crippen LogP contribution < -0.4 is 10.1 Å². The fraction of sp³-hybridized carbons (Fsp3) is 0.520. The fourth-order valence-electron chi connectivity index (χ4n) is 3.78. The van der Waals surface area contributed by atoms with E-state index >= 15 is 0 Å². The van der Waals surface area contributed by atoms with Crippen molar-refractivity contribution in [2.24, 2.45) is 5.92 Å². The van der Waals surface area contributed by atoms with Gasteiger partial charge in [0, 0.05) is 25.9 Å². The number of hydrogen-bond acceptors (Lipinski definition) is 8. The molecule has 0 spiro atoms. The van der Waals surface area contributed by atoms with Gasteiger partial charge < -0.3 is 19.7 Å². The zero-order chi connectivity index (χ0) is 27.2. The highest BCUT2D eigenvalue weighted by molar-refractivity contribution is 7.90. The standard InChI is InChI=1S/C25H33ClN4O6S/c1-25(2,3)36-24(32)30-13-10-17(11-14-30)12-15-35-22-19(20(26)28-23(29-22)37(4,33)34)21(31)27-16-18-8-6-5-7-9-18/h5-9,17H,10-16H2,1-4H3,(H,27,31). The summed E-state index contributed by atoms with van der Waals surface area (Å²) >= 11 is 6.23. The number of carbonyl (C=O) groups is 2. The van der Waals surface area contributed by atoms with Gasteiger partial charge in [-0.05, 0) is 51.5 Å². The summed E-state index contributed by atoms with van der Waals surface area (Å²) in [5, 5.41) is 1.92. The van der Waals surface area contributed by atoms with E-state index in [0.29, 0.717) is 19.5 Å². The molecule has 1 N–H and O–H groups in total. The van der Waals surface area contributed by atoms with Gasteiger partial charge in [0.25, 0.3) is 11.1 Å². The van der Waals surface area contributed by atoms with Crippen molar-refractivity contribution in [3.63, 3.8) is 0 Å². The number of sulfone groups is 1. The van der Waals surface area contributed by atoms with Crippen molar-refractivity contribution in [3.05, 3.63) is 46.6 Å². The molecule has 1 aromatic carbocycles. The number of ether oxygens (including phenoxy) is 2. The van der Waals surface area contributed by atoms with E-state index in [1.807, 2.05) is 51.1 Å². The van der Waals surface area contributed by atoms with Crippen LogP contribution >= 0.6 is 11.6 Å². The number of rotatable bonds is 8. The predicted octanol–water partition coefficient (Wildman–Crippen LogP) is 3.88. The molecule has 0 bridgehead atoms. The van der Waals surface area contributed by atoms with Crippen LogP contribution in [-0.4, -0.2) is 66.8 Å². The molecule has 10 nitrogen and oxygen atoms in total. The molecular weight excluding hydrogens is 520 g/mol. The Morgan fingerprint density at radius 3 is 2.38 bits per heavy atom. The zero-order valence-corrected chi connectivity index (χ0v) is 23.1. The minimum Gasteiger partial charge on any atom is -0.477 e. The van der Waals surface area contributed by atoms with Gasteiger partial charge in [0.05, 0.1) is 6.61 Å². The van der Waals surface area contributed by atoms with Crippen molar-refractivity contribution in [1.82, 2.24) is 20.2 Å². The Hall–Kier alpha value is -2.92. The molecule has 2 amide bonds. The molecule has 1 aromatic heterocycles. The molecule has 3 rings (SSSR count). The number of halogens is 1. The first-order valence-corrected chi connectivity index (χ1v) is 14.3. The van der Waals surface area contributed by atoms with Crippen molar-refractivity contribution in [1.29, 1.82) is 0 Å². The minimum atomic E-state index is -3.79. The molecular formula is C25H33ClN4O6S. The van der Waals surface area contributed by atoms with Gasteiger partial charge in [-0.15, -0.1) is 0 Å². The highest BCUT2D eigenvalue weighted by Crippen LogP contribution is 2.27. The summed E-state index contributed by atoms with van der Waals surface area (Å²) in [6.45, 7) is 7.07. The summed E-state index contributed by atoms with van der Waals surface area (Å²) in [5.41, 5.74) is 0.210. The Kier molecular flexibility index (Phi) is 9.36. The van der Waals surface area contributed by atoms with E-state index < -0.39 is 26.5 Å². The number of nitrogens with one attached hydrogen (secondary N) is 1. The molecule has 1 fully saturated rings. The number of amides is 2. The summed E-state index contributed by atoms with van der Waals surface area (Å²) in [5.74, 6) is -0.479. The van der Waals surface area contributed by atoms with Crippen LogP contribution in [0.4, 0.5) is 4.79 Å². The lowest BCUT2D eigenvalue weighted by Crippen LogP contribution is -2.41. The summed E-state index contributed by atoms with van der Waals surface area (Å²) in [4.78, 5) is 34.7. The number of aromatic nitrogens is 2. The fourth-order valence-corrected chi connectivity index (χ4v) is 4.58. The average Bonchev–Trinajstić information content (AvgIpc) is 2.82. The van der Waals surface area contributed by atoms with Gasteiger partial charge in [0.15, 0.2) is 5.15 Å². The van der Waals surface area contributed by atoms with Crippen molar-refractivity contribution in [3.8, 4) is 5.88 Å². The van der Waals surface area contributed by atoms with Crippen molar-refractivity contribution < 1.29 is 27.5 Å². The van der Waals surface area contributed by atoms with E-state index in [0.717, 1.165) is 24.7 Å². The third-order valence-corrected chi connectivity index (χ3v) is 6.82. The molecule has 202 valence electrons. The first-order chi connectivity index (χ1) is 17.3. The number of benzene rings is 1. The number of nitrogens with zero attached hydrogens (tertiary/aromatic N) is 3. The van der Waals surface area contributed by atoms with E-state index in [4.69, 9.17) is 21.1 Å². The molecule has 1 saturated heterocycles. The lowest BCUT2D eigenvalue weighted by molar-refractivity contribution is 0.0177. The second-order valence-electron chi connectivity index (χ2n) is 9.97. The van der Waals surface area contributed by atoms with E-state index in [1.54, 1.807) is 4.90 Å². The Labute approximate surface area is 222 Å². The highest BCUT2D eigenvalue weighted by atomic mass is 35.5. The first kappa shape index (κ1) is 28.6. The molecule has 12 heteroatoms. The third kappa shape index (κ3) is 8.57. The van der Waals surface area contributed by atoms with E-state index in [9.17, 15) is 18.0 Å². The van der Waals surface area contributed by atoms with Gasteiger partial charge in [-0.3, -0.25) is 4.79 Å². The minimum absolute atomic E-state index is 0.121. The second kappa shape index (κ2) is 12.1. The summed E-state index contributed by atoms with van der Waals surface area (Å²) in [6, 6.07) is 9.29. The topological polar surface area (TPSA) is 128 Å². The number of hydrogen-bond donors (Lipinski definition) is 1. The highest BCUT2D eigenvalue weighted by Gasteiger charge is 2.28. The maximum absolute atomic E-state index is 12.9. The van der Waals surface area contributed by atoms with Crippen LogP contribution in [0.5, 0.6) is 5.88 Å². The Balaban J connectivity index is 1.64. The zero-order valence-electron chi connectivity index (χ0n) is 21.5. The molecule has 0 atom stereocenters. The number of carbonyl (C=O) groups excluding carboxylic acids is 2. The van der Waals surface area contributed by atoms with Crippen LogP contribution in [-0.2, 0) is 21.1 Å². The van der Waals surface area contributed by atoms with Gasteiger partial charge in [-0.2, -0.15) is 4.98 Å². The molecule has 0 radical (unpaired) electrons. The van der Waals surface area contributed by atoms with Crippen LogP contribution in [0, 0.1) is 5.92 Å². The molecule has 1 aliphatic heterocycles. The van der Waals surface area contributed by atoms with Crippen LogP contribution in [0.15, 0.2) is 35.5 Å². The molecule has 37 heavy (non-hydrogen) atoms. The maximum Gasteiger partial charge on any atom is 0.410 e. The van der Waals surface area contributed by atoms with E-state index in [1.165, 1.54) is 0 Å². The van der Waals surface area contributed by atoms with Crippen LogP contribution in [0.1, 0.15) is 56.0 Å². The lowest BCUT2D eigenvalue weighted by Gasteiger charge is -2.33. The summed E-state index contributed by atoms with van der Waals surface area (Å²) in [6.07, 6.45) is 2.80. The SMILES string of the molecule is CC(C)(C)OC(=O)N1CCC(CCOc2nc(S(C)(=O)=O)nc(Cl)c2C(=O)NCc2ccccc2)CC1. The van der Waals surface area contributed by atoms with E-state index in [2.05, 4.69) is 15.3 Å². The predicted molar refractivity (Wildman–Crippen MR) is 138 cm³/mol. The number of likely N-dealkylation sites (tertiary alicyclic amines) is 1. The Bertz CT molecular complexity index is 1210. The summed E-state index contributed by atoms with van der Waals surface area (Å²) < 4.78 is 35.3. The molecule has 0 unspecified atom stereocenters. The van der Waals surface area contributed by atoms with Gasteiger partial charge in [0.1, 0.15) is 11.2 Å². The molecule has 2 heterocycles. The maximum atomic E-state index is 12.9. The summed E-state index contributed by atoms with van der Waals surface area (Å²) in [7, 11) is -3.79. The molecule has 2 aromatic rings. The Morgan fingerprint density at radius 1 is 1.14 bits per heavy atom. The molecule has 1 aliphatic rings. The first-order valence-electron chi connectivity index (χ1n) is 12.0. The van der Waals surface area contributed by atoms with Gasteiger partial charge >= 0.3 is 6.09 Å². The normalized spacial score (nSPS) is 14.8. The monoisotopic (exact) mass is 552 g/mol. The Morgan fingerprint density at radius 2 is 1.78 bits per heavy atom. The smallest absolute Gasteiger partial charge is 0.410 e. The van der Waals surface area contributed by atoms with Crippen molar-refractivity contribution in [2.75, 3.05) is 26.0 Å². The molecule has 0 aliphatic carbocycles. The average molecular weight is 553 g/mol. The molecule has 0 saturated carbocycles. The van der Waals surface area contributed by atoms with Gasteiger partial charge in [-0.1, -0.05) is 41.9 Å². The van der Waals surface area contributed by atoms with E-state index in [-0.39, 0.29) is 41.8 Å². The van der Waals surface area contributed by atoms with Gasteiger partial charge in [0.2, 0.25) is 15.7 Å². The quantitative estimate of drug-likeness (QED) is 0.386. The van der Waals surface area contributed by atoms with Crippen LogP contribution in [0.3, 0.4) is 0 Å². The van der Waals surface area contributed by atoms with Crippen LogP contribution in [0.2, 0.25) is 5.15 Å².